The molecule has 0 spiro atoms. The third-order valence-corrected chi connectivity index (χ3v) is 6.25. The van der Waals surface area contributed by atoms with Gasteiger partial charge in [0.2, 0.25) is 10.0 Å². The molecule has 0 aliphatic carbocycles. The minimum atomic E-state index is -3.88. The number of carbonyl (C=O) groups is 1. The zero-order valence-electron chi connectivity index (χ0n) is 16.1. The lowest BCUT2D eigenvalue weighted by atomic mass is 10.0. The molecule has 2 heterocycles. The number of pyridine rings is 2. The van der Waals surface area contributed by atoms with E-state index in [2.05, 4.69) is 14.7 Å². The SMILES string of the molecule is Cc1ccncc1CCC(=O)c1ccc(CNS(=O)(=O)c2ccc(F)c(Cl)c2)nc1. The largest absolute Gasteiger partial charge is 0.294 e. The van der Waals surface area contributed by atoms with Crippen LogP contribution < -0.4 is 4.72 Å². The molecule has 9 heteroatoms. The van der Waals surface area contributed by atoms with Crippen LogP contribution in [0.2, 0.25) is 5.02 Å². The first-order chi connectivity index (χ1) is 14.3. The van der Waals surface area contributed by atoms with Crippen molar-refractivity contribution in [2.24, 2.45) is 0 Å². The van der Waals surface area contributed by atoms with E-state index in [-0.39, 0.29) is 22.2 Å². The Labute approximate surface area is 179 Å². The van der Waals surface area contributed by atoms with Gasteiger partial charge in [-0.2, -0.15) is 0 Å². The molecule has 3 rings (SSSR count). The van der Waals surface area contributed by atoms with Crippen LogP contribution in [-0.4, -0.2) is 24.2 Å². The molecule has 0 aliphatic rings. The summed E-state index contributed by atoms with van der Waals surface area (Å²) in [6.45, 7) is 1.89. The molecule has 2 aromatic heterocycles. The number of hydrogen-bond donors (Lipinski definition) is 1. The fraction of sp³-hybridized carbons (Fsp3) is 0.190. The standard InChI is InChI=1S/C21H19ClFN3O3S/c1-14-8-9-24-11-15(14)3-7-21(27)16-2-4-17(25-12-16)13-26-30(28,29)18-5-6-20(23)19(22)10-18/h2,4-6,8-12,26H,3,7,13H2,1H3. The van der Waals surface area contributed by atoms with Crippen LogP contribution in [0.5, 0.6) is 0 Å². The van der Waals surface area contributed by atoms with Gasteiger partial charge in [0.1, 0.15) is 5.82 Å². The third-order valence-electron chi connectivity index (χ3n) is 4.56. The third kappa shape index (κ3) is 5.47. The zero-order valence-corrected chi connectivity index (χ0v) is 17.7. The lowest BCUT2D eigenvalue weighted by molar-refractivity contribution is 0.0982. The van der Waals surface area contributed by atoms with Gasteiger partial charge in [-0.25, -0.2) is 17.5 Å². The molecule has 0 amide bonds. The highest BCUT2D eigenvalue weighted by molar-refractivity contribution is 7.89. The monoisotopic (exact) mass is 447 g/mol. The number of hydrogen-bond acceptors (Lipinski definition) is 5. The normalized spacial score (nSPS) is 11.4. The quantitative estimate of drug-likeness (QED) is 0.529. The number of carbonyl (C=O) groups excluding carboxylic acids is 1. The first-order valence-electron chi connectivity index (χ1n) is 9.08. The maximum absolute atomic E-state index is 13.2. The van der Waals surface area contributed by atoms with E-state index >= 15 is 0 Å². The lowest BCUT2D eigenvalue weighted by Gasteiger charge is -2.08. The zero-order chi connectivity index (χ0) is 21.7. The van der Waals surface area contributed by atoms with Gasteiger partial charge in [0.05, 0.1) is 22.2 Å². The number of nitrogens with zero attached hydrogens (tertiary/aromatic N) is 2. The van der Waals surface area contributed by atoms with Crippen LogP contribution >= 0.6 is 11.6 Å². The van der Waals surface area contributed by atoms with Crippen molar-refractivity contribution >= 4 is 27.4 Å². The van der Waals surface area contributed by atoms with Crippen molar-refractivity contribution in [3.05, 3.63) is 88.2 Å². The van der Waals surface area contributed by atoms with Crippen molar-refractivity contribution in [3.8, 4) is 0 Å². The number of sulfonamides is 1. The molecule has 1 N–H and O–H groups in total. The number of rotatable bonds is 8. The summed E-state index contributed by atoms with van der Waals surface area (Å²) >= 11 is 5.64. The topological polar surface area (TPSA) is 89.0 Å². The van der Waals surface area contributed by atoms with Gasteiger partial charge >= 0.3 is 0 Å². The molecule has 0 bridgehead atoms. The average molecular weight is 448 g/mol. The van der Waals surface area contributed by atoms with E-state index in [1.165, 1.54) is 6.20 Å². The maximum atomic E-state index is 13.2. The van der Waals surface area contributed by atoms with E-state index in [1.807, 2.05) is 13.0 Å². The molecular weight excluding hydrogens is 429 g/mol. The predicted molar refractivity (Wildman–Crippen MR) is 111 cm³/mol. The summed E-state index contributed by atoms with van der Waals surface area (Å²) in [6.07, 6.45) is 5.80. The van der Waals surface area contributed by atoms with E-state index in [0.717, 1.165) is 29.3 Å². The van der Waals surface area contributed by atoms with E-state index in [9.17, 15) is 17.6 Å². The Balaban J connectivity index is 1.59. The van der Waals surface area contributed by atoms with E-state index in [4.69, 9.17) is 11.6 Å². The molecule has 0 unspecified atom stereocenters. The number of Topliss-reactive ketones (excluding diaryl/α,β-unsaturated/α-hetero) is 1. The van der Waals surface area contributed by atoms with Crippen LogP contribution in [0.25, 0.3) is 0 Å². The Kier molecular flexibility index (Phi) is 6.91. The number of aromatic nitrogens is 2. The molecule has 0 saturated heterocycles. The molecule has 0 radical (unpaired) electrons. The van der Waals surface area contributed by atoms with Crippen molar-refractivity contribution < 1.29 is 17.6 Å². The Hall–Kier alpha value is -2.68. The van der Waals surface area contributed by atoms with Crippen LogP contribution in [0, 0.1) is 12.7 Å². The Morgan fingerprint density at radius 3 is 2.63 bits per heavy atom. The Morgan fingerprint density at radius 2 is 1.97 bits per heavy atom. The highest BCUT2D eigenvalue weighted by Crippen LogP contribution is 2.19. The van der Waals surface area contributed by atoms with Gasteiger partial charge in [-0.3, -0.25) is 14.8 Å². The number of ketones is 1. The van der Waals surface area contributed by atoms with E-state index in [0.29, 0.717) is 24.1 Å². The van der Waals surface area contributed by atoms with Crippen molar-refractivity contribution in [2.45, 2.75) is 31.2 Å². The van der Waals surface area contributed by atoms with Gasteiger partial charge in [-0.05, 0) is 60.9 Å². The Morgan fingerprint density at radius 1 is 1.17 bits per heavy atom. The summed E-state index contributed by atoms with van der Waals surface area (Å²) in [6, 6.07) is 8.26. The summed E-state index contributed by atoms with van der Waals surface area (Å²) in [5, 5.41) is -0.277. The van der Waals surface area contributed by atoms with Crippen molar-refractivity contribution in [3.63, 3.8) is 0 Å². The van der Waals surface area contributed by atoms with Gasteiger partial charge in [0.25, 0.3) is 0 Å². The minimum absolute atomic E-state index is 0.0566. The highest BCUT2D eigenvalue weighted by Gasteiger charge is 2.16. The second-order valence-electron chi connectivity index (χ2n) is 6.66. The van der Waals surface area contributed by atoms with Crippen LogP contribution in [0.1, 0.15) is 33.6 Å². The highest BCUT2D eigenvalue weighted by atomic mass is 35.5. The van der Waals surface area contributed by atoms with Crippen LogP contribution in [0.3, 0.4) is 0 Å². The van der Waals surface area contributed by atoms with Gasteiger partial charge < -0.3 is 0 Å². The van der Waals surface area contributed by atoms with Gasteiger partial charge in [-0.1, -0.05) is 11.6 Å². The number of halogens is 2. The molecule has 6 nitrogen and oxygen atoms in total. The number of aryl methyl sites for hydroxylation is 2. The fourth-order valence-corrected chi connectivity index (χ4v) is 4.01. The summed E-state index contributed by atoms with van der Waals surface area (Å²) in [7, 11) is -3.88. The molecule has 30 heavy (non-hydrogen) atoms. The minimum Gasteiger partial charge on any atom is -0.294 e. The molecule has 0 fully saturated rings. The first kappa shape index (κ1) is 22.0. The van der Waals surface area contributed by atoms with Gasteiger partial charge in [-0.15, -0.1) is 0 Å². The van der Waals surface area contributed by atoms with Crippen LogP contribution in [0.4, 0.5) is 4.39 Å². The second kappa shape index (κ2) is 9.42. The molecule has 0 atom stereocenters. The molecule has 0 saturated carbocycles. The van der Waals surface area contributed by atoms with Gasteiger partial charge in [0.15, 0.2) is 5.78 Å². The second-order valence-corrected chi connectivity index (χ2v) is 8.84. The molecule has 1 aromatic carbocycles. The average Bonchev–Trinajstić information content (AvgIpc) is 2.74. The summed E-state index contributed by atoms with van der Waals surface area (Å²) < 4.78 is 40.2. The summed E-state index contributed by atoms with van der Waals surface area (Å²) in [4.78, 5) is 20.5. The smallest absolute Gasteiger partial charge is 0.240 e. The number of benzene rings is 1. The van der Waals surface area contributed by atoms with E-state index < -0.39 is 15.8 Å². The molecule has 0 aliphatic heterocycles. The summed E-state index contributed by atoms with van der Waals surface area (Å²) in [5.74, 6) is -0.755. The van der Waals surface area contributed by atoms with Crippen molar-refractivity contribution in [2.75, 3.05) is 0 Å². The van der Waals surface area contributed by atoms with E-state index in [1.54, 1.807) is 24.5 Å². The fourth-order valence-electron chi connectivity index (χ4n) is 2.74. The lowest BCUT2D eigenvalue weighted by Crippen LogP contribution is -2.23. The Bertz CT molecular complexity index is 1170. The predicted octanol–water partition coefficient (Wildman–Crippen LogP) is 3.87. The number of nitrogens with one attached hydrogen (secondary N) is 1. The maximum Gasteiger partial charge on any atom is 0.240 e. The van der Waals surface area contributed by atoms with Crippen LogP contribution in [-0.2, 0) is 23.0 Å². The first-order valence-corrected chi connectivity index (χ1v) is 10.9. The molecule has 156 valence electrons. The van der Waals surface area contributed by atoms with Crippen molar-refractivity contribution in [1.29, 1.82) is 0 Å². The molecule has 3 aromatic rings. The summed E-state index contributed by atoms with van der Waals surface area (Å²) in [5.41, 5.74) is 2.99. The van der Waals surface area contributed by atoms with Crippen molar-refractivity contribution in [1.82, 2.24) is 14.7 Å². The molecular formula is C21H19ClFN3O3S. The van der Waals surface area contributed by atoms with Gasteiger partial charge in [0, 0.05) is 30.6 Å². The van der Waals surface area contributed by atoms with Crippen LogP contribution in [0.15, 0.2) is 59.9 Å².